The Hall–Kier alpha value is -3.97. The maximum atomic E-state index is 13.8. The highest BCUT2D eigenvalue weighted by Crippen LogP contribution is 2.31. The zero-order chi connectivity index (χ0) is 24.6. The molecule has 0 aliphatic heterocycles. The van der Waals surface area contributed by atoms with Crippen LogP contribution >= 0.6 is 11.3 Å². The first-order chi connectivity index (χ1) is 17.1. The minimum Gasteiger partial charge on any atom is -0.497 e. The molecule has 2 amide bonds. The number of para-hydroxylation sites is 1. The molecule has 0 unspecified atom stereocenters. The summed E-state index contributed by atoms with van der Waals surface area (Å²) in [5.41, 5.74) is 3.24. The topological polar surface area (TPSA) is 71.5 Å². The summed E-state index contributed by atoms with van der Waals surface area (Å²) in [6, 6.07) is 21.7. The average Bonchev–Trinajstić information content (AvgIpc) is 3.40. The fourth-order valence-electron chi connectivity index (χ4n) is 3.89. The summed E-state index contributed by atoms with van der Waals surface area (Å²) in [6.07, 6.45) is 3.48. The summed E-state index contributed by atoms with van der Waals surface area (Å²) < 4.78 is 5.22. The monoisotopic (exact) mass is 485 g/mol. The number of nitrogens with zero attached hydrogens (tertiary/aromatic N) is 2. The van der Waals surface area contributed by atoms with Gasteiger partial charge in [-0.25, -0.2) is 0 Å². The molecule has 2 aromatic heterocycles. The second kappa shape index (κ2) is 11.4. The zero-order valence-electron chi connectivity index (χ0n) is 19.7. The highest BCUT2D eigenvalue weighted by molar-refractivity contribution is 7.10. The summed E-state index contributed by atoms with van der Waals surface area (Å²) in [5.74, 6) is 0.331. The van der Waals surface area contributed by atoms with Gasteiger partial charge in [-0.05, 0) is 65.4 Å². The van der Waals surface area contributed by atoms with Crippen LogP contribution in [0.3, 0.4) is 0 Å². The molecule has 2 heterocycles. The van der Waals surface area contributed by atoms with Crippen LogP contribution in [0.5, 0.6) is 5.75 Å². The van der Waals surface area contributed by atoms with Crippen LogP contribution in [0.15, 0.2) is 90.6 Å². The lowest BCUT2D eigenvalue weighted by atomic mass is 10.0. The van der Waals surface area contributed by atoms with Crippen molar-refractivity contribution in [3.63, 3.8) is 0 Å². The molecule has 1 atom stereocenters. The Morgan fingerprint density at radius 1 is 1.00 bits per heavy atom. The van der Waals surface area contributed by atoms with E-state index < -0.39 is 6.04 Å². The van der Waals surface area contributed by atoms with E-state index in [0.29, 0.717) is 17.8 Å². The van der Waals surface area contributed by atoms with E-state index in [-0.39, 0.29) is 18.2 Å². The molecule has 0 radical (unpaired) electrons. The highest BCUT2D eigenvalue weighted by Gasteiger charge is 2.33. The van der Waals surface area contributed by atoms with E-state index in [2.05, 4.69) is 10.3 Å². The summed E-state index contributed by atoms with van der Waals surface area (Å²) in [7, 11) is 1.61. The summed E-state index contributed by atoms with van der Waals surface area (Å²) in [4.78, 5) is 34.1. The molecule has 0 aliphatic carbocycles. The maximum absolute atomic E-state index is 13.8. The van der Waals surface area contributed by atoms with Crippen LogP contribution in [-0.4, -0.2) is 23.9 Å². The van der Waals surface area contributed by atoms with Gasteiger partial charge in [0.2, 0.25) is 11.8 Å². The first-order valence-electron chi connectivity index (χ1n) is 11.3. The fourth-order valence-corrected chi connectivity index (χ4v) is 4.59. The Morgan fingerprint density at radius 2 is 1.74 bits per heavy atom. The predicted octanol–water partition coefficient (Wildman–Crippen LogP) is 5.09. The Balaban J connectivity index is 1.69. The minimum atomic E-state index is -0.857. The largest absolute Gasteiger partial charge is 0.497 e. The van der Waals surface area contributed by atoms with E-state index in [1.54, 1.807) is 36.5 Å². The molecule has 2 aromatic carbocycles. The van der Waals surface area contributed by atoms with Crippen molar-refractivity contribution < 1.29 is 14.3 Å². The van der Waals surface area contributed by atoms with Crippen LogP contribution in [0.1, 0.15) is 27.6 Å². The first-order valence-corrected chi connectivity index (χ1v) is 12.2. The number of anilines is 1. The number of rotatable bonds is 9. The van der Waals surface area contributed by atoms with Crippen molar-refractivity contribution in [3.8, 4) is 5.75 Å². The lowest BCUT2D eigenvalue weighted by Crippen LogP contribution is -2.44. The van der Waals surface area contributed by atoms with Gasteiger partial charge in [0, 0.05) is 29.5 Å². The van der Waals surface area contributed by atoms with Crippen LogP contribution < -0.4 is 15.0 Å². The maximum Gasteiger partial charge on any atom is 0.248 e. The van der Waals surface area contributed by atoms with Gasteiger partial charge in [0.05, 0.1) is 13.5 Å². The number of nitrogens with one attached hydrogen (secondary N) is 1. The molecule has 0 spiro atoms. The van der Waals surface area contributed by atoms with Crippen LogP contribution in [0.25, 0.3) is 0 Å². The normalized spacial score (nSPS) is 11.5. The van der Waals surface area contributed by atoms with Gasteiger partial charge >= 0.3 is 0 Å². The van der Waals surface area contributed by atoms with Gasteiger partial charge in [0.15, 0.2) is 0 Å². The zero-order valence-corrected chi connectivity index (χ0v) is 20.5. The Morgan fingerprint density at radius 3 is 2.40 bits per heavy atom. The van der Waals surface area contributed by atoms with Crippen molar-refractivity contribution in [2.75, 3.05) is 12.0 Å². The summed E-state index contributed by atoms with van der Waals surface area (Å²) in [5, 5.41) is 4.97. The number of carbonyl (C=O) groups is 2. The first kappa shape index (κ1) is 24.2. The molecular weight excluding hydrogens is 458 g/mol. The average molecular weight is 486 g/mol. The van der Waals surface area contributed by atoms with E-state index in [1.807, 2.05) is 73.0 Å². The number of hydrogen-bond donors (Lipinski definition) is 1. The predicted molar refractivity (Wildman–Crippen MR) is 139 cm³/mol. The Bertz CT molecular complexity index is 1260. The fraction of sp³-hybridized carbons (Fsp3) is 0.179. The third-order valence-electron chi connectivity index (χ3n) is 5.70. The van der Waals surface area contributed by atoms with Crippen molar-refractivity contribution in [2.45, 2.75) is 25.9 Å². The second-order valence-corrected chi connectivity index (χ2v) is 9.09. The van der Waals surface area contributed by atoms with E-state index >= 15 is 0 Å². The third kappa shape index (κ3) is 5.94. The minimum absolute atomic E-state index is 0.150. The number of carbonyl (C=O) groups excluding carboxylic acids is 2. The Labute approximate surface area is 209 Å². The number of aromatic nitrogens is 1. The van der Waals surface area contributed by atoms with E-state index in [1.165, 1.54) is 11.3 Å². The standard InChI is InChI=1S/C28H27N3O3S/c1-20-6-3-4-8-25(20)31(26(32)18-24-7-5-17-35-24)27(22-13-15-29-16-14-22)28(33)30-19-21-9-11-23(34-2)12-10-21/h3-17,27H,18-19H2,1-2H3,(H,30,33)/t27-/m1/s1. The van der Waals surface area contributed by atoms with Crippen LogP contribution in [0.2, 0.25) is 0 Å². The number of thiophene rings is 1. The number of hydrogen-bond acceptors (Lipinski definition) is 5. The molecule has 35 heavy (non-hydrogen) atoms. The molecular formula is C28H27N3O3S. The number of amides is 2. The number of pyridine rings is 1. The Kier molecular flexibility index (Phi) is 7.90. The molecule has 4 aromatic rings. The van der Waals surface area contributed by atoms with Crippen LogP contribution in [0, 0.1) is 6.92 Å². The molecule has 1 N–H and O–H groups in total. The van der Waals surface area contributed by atoms with Gasteiger partial charge in [-0.1, -0.05) is 36.4 Å². The van der Waals surface area contributed by atoms with Crippen LogP contribution in [-0.2, 0) is 22.6 Å². The van der Waals surface area contributed by atoms with Gasteiger partial charge in [0.25, 0.3) is 0 Å². The van der Waals surface area contributed by atoms with Gasteiger partial charge in [-0.3, -0.25) is 19.5 Å². The lowest BCUT2D eigenvalue weighted by Gasteiger charge is -2.32. The molecule has 6 nitrogen and oxygen atoms in total. The second-order valence-electron chi connectivity index (χ2n) is 8.06. The number of benzene rings is 2. The summed E-state index contributed by atoms with van der Waals surface area (Å²) >= 11 is 1.53. The highest BCUT2D eigenvalue weighted by atomic mass is 32.1. The lowest BCUT2D eigenvalue weighted by molar-refractivity contribution is -0.126. The van der Waals surface area contributed by atoms with Crippen molar-refractivity contribution in [1.82, 2.24) is 10.3 Å². The van der Waals surface area contributed by atoms with Crippen molar-refractivity contribution in [2.24, 2.45) is 0 Å². The molecule has 4 rings (SSSR count). The molecule has 0 bridgehead atoms. The number of methoxy groups -OCH3 is 1. The molecule has 0 fully saturated rings. The van der Waals surface area contributed by atoms with Crippen LogP contribution in [0.4, 0.5) is 5.69 Å². The van der Waals surface area contributed by atoms with Gasteiger partial charge in [-0.2, -0.15) is 0 Å². The van der Waals surface area contributed by atoms with E-state index in [9.17, 15) is 9.59 Å². The molecule has 7 heteroatoms. The molecule has 0 saturated carbocycles. The van der Waals surface area contributed by atoms with E-state index in [0.717, 1.165) is 21.8 Å². The van der Waals surface area contributed by atoms with Gasteiger partial charge in [0.1, 0.15) is 11.8 Å². The quantitative estimate of drug-likeness (QED) is 0.358. The summed E-state index contributed by atoms with van der Waals surface area (Å²) in [6.45, 7) is 2.27. The number of aryl methyl sites for hydroxylation is 1. The van der Waals surface area contributed by atoms with Crippen molar-refractivity contribution >= 4 is 28.8 Å². The smallest absolute Gasteiger partial charge is 0.248 e. The van der Waals surface area contributed by atoms with Gasteiger partial charge < -0.3 is 10.1 Å². The third-order valence-corrected chi connectivity index (χ3v) is 6.58. The molecule has 178 valence electrons. The van der Waals surface area contributed by atoms with Crippen molar-refractivity contribution in [1.29, 1.82) is 0 Å². The molecule has 0 saturated heterocycles. The van der Waals surface area contributed by atoms with Crippen molar-refractivity contribution in [3.05, 3.63) is 112 Å². The SMILES string of the molecule is COc1ccc(CNC(=O)[C@@H](c2ccncc2)N(C(=O)Cc2cccs2)c2ccccc2C)cc1. The number of ether oxygens (including phenoxy) is 1. The van der Waals surface area contributed by atoms with E-state index in [4.69, 9.17) is 4.74 Å². The van der Waals surface area contributed by atoms with Gasteiger partial charge in [-0.15, -0.1) is 11.3 Å². The molecule has 0 aliphatic rings.